The minimum atomic E-state index is -0.258. The first-order valence-electron chi connectivity index (χ1n) is 5.90. The molecule has 1 heterocycles. The number of amides is 1. The maximum absolute atomic E-state index is 11.0. The van der Waals surface area contributed by atoms with Crippen LogP contribution in [0.4, 0.5) is 0 Å². The maximum Gasteiger partial charge on any atom is 0.234 e. The summed E-state index contributed by atoms with van der Waals surface area (Å²) in [6.07, 6.45) is 2.01. The zero-order valence-corrected chi connectivity index (χ0v) is 10.6. The molecule has 0 aliphatic carbocycles. The predicted octanol–water partition coefficient (Wildman–Crippen LogP) is -0.914. The van der Waals surface area contributed by atoms with E-state index < -0.39 is 0 Å². The summed E-state index contributed by atoms with van der Waals surface area (Å²) in [4.78, 5) is 15.7. The Kier molecular flexibility index (Phi) is 5.18. The van der Waals surface area contributed by atoms with Crippen LogP contribution in [-0.4, -0.2) is 68.6 Å². The van der Waals surface area contributed by atoms with Crippen LogP contribution in [0.3, 0.4) is 0 Å². The number of hydrogen-bond donors (Lipinski definition) is 2. The van der Waals surface area contributed by atoms with Crippen LogP contribution >= 0.6 is 0 Å². The van der Waals surface area contributed by atoms with Gasteiger partial charge >= 0.3 is 0 Å². The third-order valence-corrected chi connectivity index (χ3v) is 3.40. The molecule has 0 spiro atoms. The van der Waals surface area contributed by atoms with Crippen molar-refractivity contribution in [2.45, 2.75) is 24.9 Å². The van der Waals surface area contributed by atoms with E-state index in [1.807, 2.05) is 0 Å². The van der Waals surface area contributed by atoms with Crippen LogP contribution in [0.25, 0.3) is 0 Å². The van der Waals surface area contributed by atoms with Gasteiger partial charge in [0.2, 0.25) is 5.91 Å². The van der Waals surface area contributed by atoms with Crippen molar-refractivity contribution in [3.63, 3.8) is 0 Å². The minimum absolute atomic E-state index is 0.196. The van der Waals surface area contributed by atoms with Gasteiger partial charge in [0.1, 0.15) is 0 Å². The lowest BCUT2D eigenvalue weighted by Crippen LogP contribution is -2.42. The first-order valence-corrected chi connectivity index (χ1v) is 5.90. The molecule has 0 saturated carbocycles. The molecule has 1 fully saturated rings. The summed E-state index contributed by atoms with van der Waals surface area (Å²) < 4.78 is 0. The van der Waals surface area contributed by atoms with Gasteiger partial charge in [-0.25, -0.2) is 0 Å². The molecule has 16 heavy (non-hydrogen) atoms. The van der Waals surface area contributed by atoms with Crippen LogP contribution in [0.1, 0.15) is 12.8 Å². The van der Waals surface area contributed by atoms with Crippen LogP contribution in [-0.2, 0) is 4.79 Å². The van der Waals surface area contributed by atoms with Crippen molar-refractivity contribution in [3.8, 4) is 0 Å². The van der Waals surface area contributed by atoms with Gasteiger partial charge in [0, 0.05) is 19.1 Å². The molecule has 94 valence electrons. The highest BCUT2D eigenvalue weighted by Crippen LogP contribution is 2.13. The molecule has 1 amide bonds. The monoisotopic (exact) mass is 228 g/mol. The number of likely N-dealkylation sites (N-methyl/N-ethyl adjacent to an activating group) is 2. The highest BCUT2D eigenvalue weighted by Gasteiger charge is 2.24. The lowest BCUT2D eigenvalue weighted by atomic mass is 10.2. The molecule has 0 aromatic carbocycles. The highest BCUT2D eigenvalue weighted by atomic mass is 16.1. The van der Waals surface area contributed by atoms with Crippen molar-refractivity contribution < 1.29 is 4.79 Å². The van der Waals surface area contributed by atoms with Gasteiger partial charge in [-0.3, -0.25) is 4.79 Å². The SMILES string of the molecule is CNC(CCN1CCC(N(C)C)C1)C(N)=O. The van der Waals surface area contributed by atoms with Gasteiger partial charge in [0.15, 0.2) is 0 Å². The summed E-state index contributed by atoms with van der Waals surface area (Å²) >= 11 is 0. The Morgan fingerprint density at radius 1 is 1.62 bits per heavy atom. The Labute approximate surface area is 98.0 Å². The first-order chi connectivity index (χ1) is 7.54. The number of nitrogens with two attached hydrogens (primary N) is 1. The van der Waals surface area contributed by atoms with Gasteiger partial charge in [-0.1, -0.05) is 0 Å². The number of nitrogens with one attached hydrogen (secondary N) is 1. The fourth-order valence-corrected chi connectivity index (χ4v) is 2.18. The summed E-state index contributed by atoms with van der Waals surface area (Å²) in [5.74, 6) is -0.258. The summed E-state index contributed by atoms with van der Waals surface area (Å²) in [7, 11) is 6.02. The van der Waals surface area contributed by atoms with E-state index in [0.717, 1.165) is 26.1 Å². The second-order valence-corrected chi connectivity index (χ2v) is 4.74. The van der Waals surface area contributed by atoms with E-state index in [2.05, 4.69) is 29.2 Å². The number of carbonyl (C=O) groups excluding carboxylic acids is 1. The molecule has 5 nitrogen and oxygen atoms in total. The second kappa shape index (κ2) is 6.18. The number of rotatable bonds is 6. The molecule has 1 aliphatic heterocycles. The van der Waals surface area contributed by atoms with Gasteiger partial charge in [-0.15, -0.1) is 0 Å². The van der Waals surface area contributed by atoms with E-state index >= 15 is 0 Å². The summed E-state index contributed by atoms with van der Waals surface area (Å²) in [5, 5.41) is 2.95. The fourth-order valence-electron chi connectivity index (χ4n) is 2.18. The average Bonchev–Trinajstić information content (AvgIpc) is 2.67. The van der Waals surface area contributed by atoms with Crippen molar-refractivity contribution in [2.24, 2.45) is 5.73 Å². The molecule has 3 N–H and O–H groups in total. The third kappa shape index (κ3) is 3.73. The lowest BCUT2D eigenvalue weighted by Gasteiger charge is -2.21. The van der Waals surface area contributed by atoms with Gasteiger partial charge in [-0.05, 0) is 40.5 Å². The smallest absolute Gasteiger partial charge is 0.234 e. The molecule has 2 unspecified atom stereocenters. The molecule has 0 radical (unpaired) electrons. The van der Waals surface area contributed by atoms with Crippen LogP contribution in [0, 0.1) is 0 Å². The van der Waals surface area contributed by atoms with Gasteiger partial charge in [-0.2, -0.15) is 0 Å². The van der Waals surface area contributed by atoms with E-state index in [1.54, 1.807) is 7.05 Å². The lowest BCUT2D eigenvalue weighted by molar-refractivity contribution is -0.120. The molecule has 2 atom stereocenters. The van der Waals surface area contributed by atoms with E-state index in [4.69, 9.17) is 5.73 Å². The van der Waals surface area contributed by atoms with Crippen LogP contribution in [0.2, 0.25) is 0 Å². The average molecular weight is 228 g/mol. The maximum atomic E-state index is 11.0. The number of hydrogen-bond acceptors (Lipinski definition) is 4. The standard InChI is InChI=1S/C11H24N4O/c1-13-10(11(12)16)5-7-15-6-4-9(8-15)14(2)3/h9-10,13H,4-8H2,1-3H3,(H2,12,16). The predicted molar refractivity (Wildman–Crippen MR) is 65.2 cm³/mol. The number of primary amides is 1. The Bertz CT molecular complexity index is 232. The number of likely N-dealkylation sites (tertiary alicyclic amines) is 1. The minimum Gasteiger partial charge on any atom is -0.368 e. The largest absolute Gasteiger partial charge is 0.368 e. The van der Waals surface area contributed by atoms with Crippen molar-refractivity contribution in [1.82, 2.24) is 15.1 Å². The van der Waals surface area contributed by atoms with Gasteiger partial charge < -0.3 is 20.9 Å². The van der Waals surface area contributed by atoms with Gasteiger partial charge in [0.25, 0.3) is 0 Å². The van der Waals surface area contributed by atoms with Crippen molar-refractivity contribution in [1.29, 1.82) is 0 Å². The summed E-state index contributed by atoms with van der Waals surface area (Å²) in [5.41, 5.74) is 5.28. The summed E-state index contributed by atoms with van der Waals surface area (Å²) in [6.45, 7) is 3.17. The molecule has 1 aliphatic rings. The topological polar surface area (TPSA) is 61.6 Å². The quantitative estimate of drug-likeness (QED) is 0.617. The zero-order chi connectivity index (χ0) is 12.1. The number of carbonyl (C=O) groups is 1. The molecule has 0 aromatic heterocycles. The highest BCUT2D eigenvalue weighted by molar-refractivity contribution is 5.79. The van der Waals surface area contributed by atoms with E-state index in [0.29, 0.717) is 6.04 Å². The van der Waals surface area contributed by atoms with Crippen LogP contribution in [0.5, 0.6) is 0 Å². The molecular formula is C11H24N4O. The molecule has 0 bridgehead atoms. The van der Waals surface area contributed by atoms with E-state index in [-0.39, 0.29) is 11.9 Å². The Balaban J connectivity index is 2.26. The second-order valence-electron chi connectivity index (χ2n) is 4.74. The molecule has 5 heteroatoms. The Morgan fingerprint density at radius 2 is 2.31 bits per heavy atom. The normalized spacial score (nSPS) is 23.9. The first kappa shape index (κ1) is 13.4. The van der Waals surface area contributed by atoms with Crippen molar-refractivity contribution >= 4 is 5.91 Å². The van der Waals surface area contributed by atoms with Crippen LogP contribution in [0.15, 0.2) is 0 Å². The van der Waals surface area contributed by atoms with Crippen molar-refractivity contribution in [3.05, 3.63) is 0 Å². The van der Waals surface area contributed by atoms with Crippen molar-refractivity contribution in [2.75, 3.05) is 40.8 Å². The molecule has 1 saturated heterocycles. The molecule has 0 aromatic rings. The molecular weight excluding hydrogens is 204 g/mol. The Morgan fingerprint density at radius 3 is 2.75 bits per heavy atom. The zero-order valence-electron chi connectivity index (χ0n) is 10.6. The molecule has 1 rings (SSSR count). The van der Waals surface area contributed by atoms with E-state index in [1.165, 1.54) is 6.42 Å². The van der Waals surface area contributed by atoms with Crippen LogP contribution < -0.4 is 11.1 Å². The summed E-state index contributed by atoms with van der Waals surface area (Å²) in [6, 6.07) is 0.458. The number of nitrogens with zero attached hydrogens (tertiary/aromatic N) is 2. The van der Waals surface area contributed by atoms with E-state index in [9.17, 15) is 4.79 Å². The van der Waals surface area contributed by atoms with Gasteiger partial charge in [0.05, 0.1) is 6.04 Å². The fraction of sp³-hybridized carbons (Fsp3) is 0.909. The third-order valence-electron chi connectivity index (χ3n) is 3.40. The Hall–Kier alpha value is -0.650.